The molecule has 2 aliphatic heterocycles. The highest BCUT2D eigenvalue weighted by atomic mass is 19.1. The van der Waals surface area contributed by atoms with Crippen molar-refractivity contribution in [3.63, 3.8) is 0 Å². The summed E-state index contributed by atoms with van der Waals surface area (Å²) in [5, 5.41) is 23.2. The molecule has 2 amide bonds. The lowest BCUT2D eigenvalue weighted by molar-refractivity contribution is -0.389. The van der Waals surface area contributed by atoms with Crippen LogP contribution in [0.2, 0.25) is 0 Å². The number of fused-ring (bicyclic) bond motifs is 1. The Labute approximate surface area is 227 Å². The lowest BCUT2D eigenvalue weighted by Gasteiger charge is -2.25. The first-order valence-corrected chi connectivity index (χ1v) is 12.4. The quantitative estimate of drug-likeness (QED) is 0.383. The second kappa shape index (κ2) is 10.3. The molecule has 1 N–H and O–H groups in total. The van der Waals surface area contributed by atoms with Gasteiger partial charge in [-0.2, -0.15) is 5.26 Å². The number of ether oxygens (including phenoxy) is 3. The van der Waals surface area contributed by atoms with E-state index in [0.29, 0.717) is 23.4 Å². The molecule has 1 saturated heterocycles. The summed E-state index contributed by atoms with van der Waals surface area (Å²) in [5.74, 6) is -1.19. The number of hydrogen-bond donors (Lipinski definition) is 1. The number of nitro groups is 1. The molecule has 0 bridgehead atoms. The number of anilines is 1. The van der Waals surface area contributed by atoms with Crippen LogP contribution in [-0.2, 0) is 20.8 Å². The number of rotatable bonds is 8. The molecule has 3 atom stereocenters. The Kier molecular flexibility index (Phi) is 6.88. The van der Waals surface area contributed by atoms with Gasteiger partial charge < -0.3 is 29.6 Å². The predicted octanol–water partition coefficient (Wildman–Crippen LogP) is 3.08. The van der Waals surface area contributed by atoms with E-state index in [0.717, 1.165) is 0 Å². The van der Waals surface area contributed by atoms with Gasteiger partial charge in [-0.05, 0) is 42.0 Å². The van der Waals surface area contributed by atoms with Crippen LogP contribution in [0, 0.1) is 27.3 Å². The molecule has 2 unspecified atom stereocenters. The second-order valence-electron chi connectivity index (χ2n) is 9.97. The van der Waals surface area contributed by atoms with Crippen LogP contribution in [0.25, 0.3) is 0 Å². The van der Waals surface area contributed by atoms with Gasteiger partial charge >= 0.3 is 17.9 Å². The van der Waals surface area contributed by atoms with Gasteiger partial charge in [0.05, 0.1) is 30.9 Å². The van der Waals surface area contributed by atoms with E-state index in [1.165, 1.54) is 28.7 Å². The van der Waals surface area contributed by atoms with Gasteiger partial charge in [-0.1, -0.05) is 12.1 Å². The van der Waals surface area contributed by atoms with Crippen molar-refractivity contribution >= 4 is 23.5 Å². The summed E-state index contributed by atoms with van der Waals surface area (Å²) in [7, 11) is 0. The maximum absolute atomic E-state index is 15.2. The highest BCUT2D eigenvalue weighted by Gasteiger charge is 2.41. The first-order valence-electron chi connectivity index (χ1n) is 12.4. The van der Waals surface area contributed by atoms with Crippen molar-refractivity contribution in [2.75, 3.05) is 24.6 Å². The average molecular weight is 553 g/mol. The van der Waals surface area contributed by atoms with E-state index < -0.39 is 34.5 Å². The third kappa shape index (κ3) is 5.31. The highest BCUT2D eigenvalue weighted by molar-refractivity contribution is 5.89. The zero-order chi connectivity index (χ0) is 28.6. The van der Waals surface area contributed by atoms with Crippen molar-refractivity contribution < 1.29 is 33.1 Å². The molecular formula is C26H25FN6O7. The van der Waals surface area contributed by atoms with E-state index in [2.05, 4.69) is 16.4 Å². The van der Waals surface area contributed by atoms with Gasteiger partial charge in [-0.3, -0.25) is 14.3 Å². The molecule has 2 aromatic rings. The van der Waals surface area contributed by atoms with E-state index in [9.17, 15) is 25.0 Å². The Balaban J connectivity index is 1.22. The number of aromatic nitrogens is 2. The number of nitrogens with one attached hydrogen (secondary N) is 1. The molecule has 14 heteroatoms. The molecule has 5 rings (SSSR count). The topological polar surface area (TPSA) is 162 Å². The Morgan fingerprint density at radius 1 is 1.45 bits per heavy atom. The molecular weight excluding hydrogens is 527 g/mol. The minimum atomic E-state index is -0.852. The molecule has 0 spiro atoms. The lowest BCUT2D eigenvalue weighted by Crippen LogP contribution is -2.37. The largest absolute Gasteiger partial charge is 0.488 e. The summed E-state index contributed by atoms with van der Waals surface area (Å²) < 4.78 is 33.7. The van der Waals surface area contributed by atoms with Crippen LogP contribution in [0.4, 0.5) is 20.7 Å². The number of nitrogens with zero attached hydrogens (tertiary/aromatic N) is 5. The zero-order valence-electron chi connectivity index (χ0n) is 21.6. The van der Waals surface area contributed by atoms with Gasteiger partial charge in [-0.25, -0.2) is 9.18 Å². The normalized spacial score (nSPS) is 23.4. The molecule has 1 aromatic heterocycles. The molecule has 208 valence electrons. The van der Waals surface area contributed by atoms with Crippen LogP contribution in [0.3, 0.4) is 0 Å². The first kappa shape index (κ1) is 26.7. The number of benzene rings is 1. The zero-order valence-corrected chi connectivity index (χ0v) is 21.6. The number of halogens is 1. The Morgan fingerprint density at radius 2 is 2.25 bits per heavy atom. The van der Waals surface area contributed by atoms with Crippen molar-refractivity contribution in [2.45, 2.75) is 44.4 Å². The summed E-state index contributed by atoms with van der Waals surface area (Å²) in [6.07, 6.45) is 3.84. The summed E-state index contributed by atoms with van der Waals surface area (Å²) in [6, 6.07) is 6.65. The predicted molar refractivity (Wildman–Crippen MR) is 136 cm³/mol. The first-order chi connectivity index (χ1) is 19.0. The van der Waals surface area contributed by atoms with Crippen molar-refractivity contribution in [1.29, 1.82) is 5.26 Å². The van der Waals surface area contributed by atoms with Crippen molar-refractivity contribution in [1.82, 2.24) is 14.9 Å². The lowest BCUT2D eigenvalue weighted by atomic mass is 9.88. The Morgan fingerprint density at radius 3 is 2.92 bits per heavy atom. The van der Waals surface area contributed by atoms with Crippen LogP contribution in [-0.4, -0.2) is 57.9 Å². The molecule has 13 nitrogen and oxygen atoms in total. The maximum Gasteiger partial charge on any atom is 0.415 e. The average Bonchev–Trinajstić information content (AvgIpc) is 3.57. The van der Waals surface area contributed by atoms with Gasteiger partial charge in [0.25, 0.3) is 0 Å². The molecule has 3 aliphatic rings. The minimum Gasteiger partial charge on any atom is -0.488 e. The molecule has 40 heavy (non-hydrogen) atoms. The molecule has 1 fully saturated rings. The van der Waals surface area contributed by atoms with Gasteiger partial charge in [0.1, 0.15) is 36.6 Å². The number of carbonyl (C=O) groups excluding carboxylic acids is 2. The van der Waals surface area contributed by atoms with E-state index in [4.69, 9.17) is 14.2 Å². The number of hydrogen-bond acceptors (Lipinski definition) is 9. The number of allylic oxidation sites excluding steroid dienone is 3. The SMILES string of the molecule is CC(=O)NC[C@H]1CN(c2ccc(C3C=C(C#N)C(OCC4(C)Cn5cc([N+](=O)[O-])nc5O4)=CC3)c(F)c2)C(=O)O1. The van der Waals surface area contributed by atoms with Crippen LogP contribution in [0.1, 0.15) is 31.7 Å². The van der Waals surface area contributed by atoms with Crippen LogP contribution >= 0.6 is 0 Å². The summed E-state index contributed by atoms with van der Waals surface area (Å²) in [4.78, 5) is 38.9. The van der Waals surface area contributed by atoms with Gasteiger partial charge in [-0.15, -0.1) is 0 Å². The molecule has 1 aromatic carbocycles. The number of cyclic esters (lactones) is 1. The molecule has 0 saturated carbocycles. The van der Waals surface area contributed by atoms with Gasteiger partial charge in [0.15, 0.2) is 5.60 Å². The number of imidazole rings is 1. The highest BCUT2D eigenvalue weighted by Crippen LogP contribution is 2.36. The number of nitriles is 1. The fourth-order valence-electron chi connectivity index (χ4n) is 4.81. The van der Waals surface area contributed by atoms with E-state index in [1.807, 2.05) is 0 Å². The van der Waals surface area contributed by atoms with Crippen LogP contribution < -0.4 is 15.0 Å². The molecule has 1 aliphatic carbocycles. The molecule has 3 heterocycles. The van der Waals surface area contributed by atoms with E-state index in [1.54, 1.807) is 31.2 Å². The van der Waals surface area contributed by atoms with Crippen molar-refractivity contribution in [3.8, 4) is 12.1 Å². The second-order valence-corrected chi connectivity index (χ2v) is 9.97. The van der Waals surface area contributed by atoms with E-state index >= 15 is 4.39 Å². The van der Waals surface area contributed by atoms with Crippen LogP contribution in [0.15, 0.2) is 47.9 Å². The van der Waals surface area contributed by atoms with Crippen molar-refractivity contribution in [2.24, 2.45) is 0 Å². The maximum atomic E-state index is 15.2. The fourth-order valence-corrected chi connectivity index (χ4v) is 4.81. The Hall–Kier alpha value is -4.93. The standard InChI is InChI=1S/C26H25FN6O7/c1-15(34)29-10-19-11-32(25(35)39-19)18-4-5-20(21(27)8-18)16-3-6-22(17(7-16)9-28)38-14-26(2)13-31-12-23(33(36)37)30-24(31)40-26/h4-8,12,16,19H,3,10-11,13-14H2,1-2H3,(H,29,34)/t16?,19-,26?/m0/s1. The fraction of sp³-hybridized carbons (Fsp3) is 0.385. The third-order valence-corrected chi connectivity index (χ3v) is 6.75. The van der Waals surface area contributed by atoms with E-state index in [-0.39, 0.29) is 49.5 Å². The van der Waals surface area contributed by atoms with Crippen molar-refractivity contribution in [3.05, 3.63) is 69.4 Å². The van der Waals surface area contributed by atoms with Gasteiger partial charge in [0.2, 0.25) is 5.91 Å². The molecule has 0 radical (unpaired) electrons. The monoisotopic (exact) mass is 552 g/mol. The smallest absolute Gasteiger partial charge is 0.415 e. The third-order valence-electron chi connectivity index (χ3n) is 6.75. The number of amides is 2. The summed E-state index contributed by atoms with van der Waals surface area (Å²) in [5.41, 5.74) is 0.0626. The Bertz CT molecular complexity index is 1470. The summed E-state index contributed by atoms with van der Waals surface area (Å²) in [6.45, 7) is 3.80. The number of carbonyl (C=O) groups is 2. The van der Waals surface area contributed by atoms with Crippen LogP contribution in [0.5, 0.6) is 6.01 Å². The van der Waals surface area contributed by atoms with Gasteiger partial charge in [0, 0.05) is 17.8 Å². The minimum absolute atomic E-state index is 0.0532. The summed E-state index contributed by atoms with van der Waals surface area (Å²) >= 11 is 0.